The zero-order valence-electron chi connectivity index (χ0n) is 9.78. The Bertz CT molecular complexity index is 583. The Kier molecular flexibility index (Phi) is 3.93. The summed E-state index contributed by atoms with van der Waals surface area (Å²) in [6.07, 6.45) is -3.61. The van der Waals surface area contributed by atoms with Gasteiger partial charge in [-0.1, -0.05) is 23.7 Å². The Morgan fingerprint density at radius 3 is 2.45 bits per heavy atom. The third-order valence-corrected chi connectivity index (χ3v) is 2.71. The second kappa shape index (κ2) is 5.49. The van der Waals surface area contributed by atoms with Gasteiger partial charge in [0.2, 0.25) is 0 Å². The van der Waals surface area contributed by atoms with Gasteiger partial charge in [-0.3, -0.25) is 4.79 Å². The SMILES string of the molecule is O=C(NC(c1ccc(Cl)cc1)C(F)(F)F)c1cn[nH]n1. The number of carbonyl (C=O) groups is 1. The third-order valence-electron chi connectivity index (χ3n) is 2.45. The van der Waals surface area contributed by atoms with Gasteiger partial charge in [-0.05, 0) is 17.7 Å². The molecule has 2 rings (SSSR count). The number of nitrogens with zero attached hydrogens (tertiary/aromatic N) is 2. The van der Waals surface area contributed by atoms with Crippen molar-refractivity contribution in [2.75, 3.05) is 0 Å². The molecule has 1 amide bonds. The number of hydrogen-bond acceptors (Lipinski definition) is 3. The van der Waals surface area contributed by atoms with Crippen LogP contribution in [0.5, 0.6) is 0 Å². The van der Waals surface area contributed by atoms with Crippen LogP contribution in [-0.2, 0) is 0 Å². The van der Waals surface area contributed by atoms with Crippen LogP contribution >= 0.6 is 11.6 Å². The van der Waals surface area contributed by atoms with E-state index >= 15 is 0 Å². The van der Waals surface area contributed by atoms with E-state index in [1.165, 1.54) is 24.3 Å². The molecular weight excluding hydrogens is 297 g/mol. The molecule has 1 heterocycles. The molecular formula is C11H8ClF3N4O. The lowest BCUT2D eigenvalue weighted by Crippen LogP contribution is -2.38. The van der Waals surface area contributed by atoms with E-state index < -0.39 is 18.1 Å². The summed E-state index contributed by atoms with van der Waals surface area (Å²) in [7, 11) is 0. The number of aromatic amines is 1. The zero-order valence-corrected chi connectivity index (χ0v) is 10.5. The molecule has 0 aliphatic carbocycles. The van der Waals surface area contributed by atoms with Crippen molar-refractivity contribution in [3.05, 3.63) is 46.7 Å². The molecule has 0 saturated carbocycles. The predicted molar refractivity (Wildman–Crippen MR) is 64.1 cm³/mol. The van der Waals surface area contributed by atoms with Crippen molar-refractivity contribution in [3.63, 3.8) is 0 Å². The largest absolute Gasteiger partial charge is 0.412 e. The molecule has 0 radical (unpaired) electrons. The zero-order chi connectivity index (χ0) is 14.8. The molecule has 0 fully saturated rings. The maximum absolute atomic E-state index is 13.0. The van der Waals surface area contributed by atoms with Gasteiger partial charge in [0.05, 0.1) is 6.20 Å². The molecule has 0 spiro atoms. The molecule has 2 N–H and O–H groups in total. The van der Waals surface area contributed by atoms with Crippen LogP contribution in [0.3, 0.4) is 0 Å². The summed E-state index contributed by atoms with van der Waals surface area (Å²) in [5, 5.41) is 11.1. The Balaban J connectivity index is 2.25. The summed E-state index contributed by atoms with van der Waals surface area (Å²) < 4.78 is 39.1. The van der Waals surface area contributed by atoms with Gasteiger partial charge in [0.1, 0.15) is 0 Å². The molecule has 1 unspecified atom stereocenters. The summed E-state index contributed by atoms with van der Waals surface area (Å²) >= 11 is 5.63. The van der Waals surface area contributed by atoms with E-state index in [9.17, 15) is 18.0 Å². The fourth-order valence-corrected chi connectivity index (χ4v) is 1.65. The van der Waals surface area contributed by atoms with Gasteiger partial charge in [0.25, 0.3) is 5.91 Å². The van der Waals surface area contributed by atoms with Gasteiger partial charge in [0, 0.05) is 5.02 Å². The normalized spacial score (nSPS) is 13.0. The summed E-state index contributed by atoms with van der Waals surface area (Å²) in [5.41, 5.74) is -0.355. The monoisotopic (exact) mass is 304 g/mol. The van der Waals surface area contributed by atoms with Gasteiger partial charge in [-0.2, -0.15) is 28.6 Å². The standard InChI is InChI=1S/C11H8ClF3N4O/c12-7-3-1-6(2-4-7)9(11(13,14)15)17-10(20)8-5-16-19-18-8/h1-5,9H,(H,17,20)(H,16,18,19). The van der Waals surface area contributed by atoms with E-state index in [0.29, 0.717) is 5.02 Å². The van der Waals surface area contributed by atoms with Crippen LogP contribution in [0, 0.1) is 0 Å². The third kappa shape index (κ3) is 3.27. The topological polar surface area (TPSA) is 70.7 Å². The second-order valence-electron chi connectivity index (χ2n) is 3.85. The number of rotatable bonds is 3. The number of nitrogens with one attached hydrogen (secondary N) is 2. The van der Waals surface area contributed by atoms with Gasteiger partial charge in [0.15, 0.2) is 11.7 Å². The van der Waals surface area contributed by atoms with Gasteiger partial charge >= 0.3 is 6.18 Å². The van der Waals surface area contributed by atoms with Crippen molar-refractivity contribution in [1.29, 1.82) is 0 Å². The average Bonchev–Trinajstić information content (AvgIpc) is 2.89. The fourth-order valence-electron chi connectivity index (χ4n) is 1.53. The smallest absolute Gasteiger partial charge is 0.335 e. The van der Waals surface area contributed by atoms with Crippen LogP contribution in [0.4, 0.5) is 13.2 Å². The first-order valence-electron chi connectivity index (χ1n) is 5.37. The maximum Gasteiger partial charge on any atom is 0.412 e. The quantitative estimate of drug-likeness (QED) is 0.915. The predicted octanol–water partition coefficient (Wildman–Crippen LogP) is 2.49. The lowest BCUT2D eigenvalue weighted by molar-refractivity contribution is -0.155. The Labute approximate surface area is 116 Å². The van der Waals surface area contributed by atoms with E-state index in [-0.39, 0.29) is 11.3 Å². The number of halogens is 4. The van der Waals surface area contributed by atoms with Crippen molar-refractivity contribution in [2.45, 2.75) is 12.2 Å². The number of carbonyl (C=O) groups excluding carboxylic acids is 1. The molecule has 0 aliphatic rings. The van der Waals surface area contributed by atoms with Crippen LogP contribution in [0.1, 0.15) is 22.1 Å². The summed E-state index contributed by atoms with van der Waals surface area (Å²) in [6, 6.07) is 2.88. The molecule has 106 valence electrons. The molecule has 1 aromatic carbocycles. The number of amides is 1. The fraction of sp³-hybridized carbons (Fsp3) is 0.182. The van der Waals surface area contributed by atoms with Gasteiger partial charge in [-0.25, -0.2) is 0 Å². The van der Waals surface area contributed by atoms with E-state index in [2.05, 4.69) is 15.4 Å². The molecule has 0 bridgehead atoms. The van der Waals surface area contributed by atoms with Crippen LogP contribution < -0.4 is 5.32 Å². The number of hydrogen-bond donors (Lipinski definition) is 2. The first-order chi connectivity index (χ1) is 9.38. The highest BCUT2D eigenvalue weighted by molar-refractivity contribution is 6.30. The van der Waals surface area contributed by atoms with Crippen LogP contribution in [0.25, 0.3) is 0 Å². The van der Waals surface area contributed by atoms with Gasteiger partial charge < -0.3 is 5.32 Å². The highest BCUT2D eigenvalue weighted by Gasteiger charge is 2.42. The van der Waals surface area contributed by atoms with E-state index in [1.54, 1.807) is 0 Å². The molecule has 0 aliphatic heterocycles. The average molecular weight is 305 g/mol. The minimum absolute atomic E-state index is 0.126. The minimum atomic E-state index is -4.65. The molecule has 5 nitrogen and oxygen atoms in total. The Morgan fingerprint density at radius 2 is 1.95 bits per heavy atom. The molecule has 1 aromatic heterocycles. The van der Waals surface area contributed by atoms with Crippen molar-refractivity contribution in [2.24, 2.45) is 0 Å². The van der Waals surface area contributed by atoms with Gasteiger partial charge in [-0.15, -0.1) is 0 Å². The van der Waals surface area contributed by atoms with Crippen molar-refractivity contribution in [3.8, 4) is 0 Å². The van der Waals surface area contributed by atoms with E-state index in [0.717, 1.165) is 6.20 Å². The number of aromatic nitrogens is 3. The van der Waals surface area contributed by atoms with Crippen molar-refractivity contribution < 1.29 is 18.0 Å². The van der Waals surface area contributed by atoms with Crippen LogP contribution in [0.2, 0.25) is 5.02 Å². The lowest BCUT2D eigenvalue weighted by atomic mass is 10.1. The number of benzene rings is 1. The number of H-pyrrole nitrogens is 1. The Hall–Kier alpha value is -2.09. The second-order valence-corrected chi connectivity index (χ2v) is 4.29. The van der Waals surface area contributed by atoms with Crippen molar-refractivity contribution in [1.82, 2.24) is 20.7 Å². The summed E-state index contributed by atoms with van der Waals surface area (Å²) in [5.74, 6) is -0.976. The van der Waals surface area contributed by atoms with Crippen LogP contribution in [-0.4, -0.2) is 27.5 Å². The maximum atomic E-state index is 13.0. The number of alkyl halides is 3. The highest BCUT2D eigenvalue weighted by atomic mass is 35.5. The minimum Gasteiger partial charge on any atom is -0.335 e. The highest BCUT2D eigenvalue weighted by Crippen LogP contribution is 2.33. The lowest BCUT2D eigenvalue weighted by Gasteiger charge is -2.21. The van der Waals surface area contributed by atoms with E-state index in [4.69, 9.17) is 11.6 Å². The first-order valence-corrected chi connectivity index (χ1v) is 5.74. The molecule has 9 heteroatoms. The molecule has 20 heavy (non-hydrogen) atoms. The molecule has 2 aromatic rings. The Morgan fingerprint density at radius 1 is 1.30 bits per heavy atom. The van der Waals surface area contributed by atoms with Crippen LogP contribution in [0.15, 0.2) is 30.5 Å². The molecule has 0 saturated heterocycles. The first kappa shape index (κ1) is 14.3. The van der Waals surface area contributed by atoms with Crippen molar-refractivity contribution >= 4 is 17.5 Å². The van der Waals surface area contributed by atoms with E-state index in [1.807, 2.05) is 5.32 Å². The summed E-state index contributed by atoms with van der Waals surface area (Å²) in [4.78, 5) is 11.6. The molecule has 1 atom stereocenters. The summed E-state index contributed by atoms with van der Waals surface area (Å²) in [6.45, 7) is 0.